The van der Waals surface area contributed by atoms with Gasteiger partial charge in [0.1, 0.15) is 0 Å². The first-order valence-corrected chi connectivity index (χ1v) is 11.8. The van der Waals surface area contributed by atoms with Crippen molar-refractivity contribution in [1.82, 2.24) is 19.8 Å². The lowest BCUT2D eigenvalue weighted by molar-refractivity contribution is -0.107. The first kappa shape index (κ1) is 21.4. The van der Waals surface area contributed by atoms with Crippen LogP contribution in [-0.2, 0) is 23.3 Å². The number of anilines is 1. The molecule has 1 aliphatic carbocycles. The zero-order valence-corrected chi connectivity index (χ0v) is 19.3. The van der Waals surface area contributed by atoms with Crippen LogP contribution in [0.3, 0.4) is 0 Å². The standard InChI is InChI=1S/C25H30ClN5O/c1-25(5-6-25)22-4-7-28-16-24(22)30(18-32)17-21-15-19-14-20(26)2-3-23(19)31(21)13-12-29-10-8-27-9-11-29/h2-4,7,14-16,18,27H,5-6,8-13,17H2,1H3. The van der Waals surface area contributed by atoms with Crippen molar-refractivity contribution in [3.8, 4) is 0 Å². The van der Waals surface area contributed by atoms with Gasteiger partial charge in [-0.15, -0.1) is 0 Å². The number of hydrogen-bond donors (Lipinski definition) is 1. The molecule has 0 radical (unpaired) electrons. The number of nitrogens with one attached hydrogen (secondary N) is 1. The van der Waals surface area contributed by atoms with Gasteiger partial charge < -0.3 is 14.8 Å². The highest BCUT2D eigenvalue weighted by molar-refractivity contribution is 6.31. The van der Waals surface area contributed by atoms with Crippen LogP contribution in [0.5, 0.6) is 0 Å². The van der Waals surface area contributed by atoms with E-state index in [1.807, 2.05) is 29.4 Å². The molecule has 1 saturated heterocycles. The molecule has 2 fully saturated rings. The second-order valence-electron chi connectivity index (χ2n) is 9.27. The predicted molar refractivity (Wildman–Crippen MR) is 129 cm³/mol. The maximum absolute atomic E-state index is 12.2. The number of fused-ring (bicyclic) bond motifs is 1. The summed E-state index contributed by atoms with van der Waals surface area (Å²) in [5, 5.41) is 5.25. The fourth-order valence-electron chi connectivity index (χ4n) is 4.81. The largest absolute Gasteiger partial charge is 0.342 e. The average Bonchev–Trinajstić information content (AvgIpc) is 3.48. The van der Waals surface area contributed by atoms with Gasteiger partial charge in [0.15, 0.2) is 0 Å². The number of rotatable bonds is 8. The average molecular weight is 452 g/mol. The number of pyridine rings is 1. The molecule has 0 bridgehead atoms. The molecule has 7 heteroatoms. The third-order valence-electron chi connectivity index (χ3n) is 7.02. The van der Waals surface area contributed by atoms with Crippen LogP contribution in [0.25, 0.3) is 10.9 Å². The normalized spacial score (nSPS) is 18.1. The molecule has 0 spiro atoms. The quantitative estimate of drug-likeness (QED) is 0.529. The topological polar surface area (TPSA) is 53.4 Å². The Morgan fingerprint density at radius 3 is 2.75 bits per heavy atom. The third kappa shape index (κ3) is 4.27. The van der Waals surface area contributed by atoms with Gasteiger partial charge in [0.25, 0.3) is 0 Å². The fourth-order valence-corrected chi connectivity index (χ4v) is 4.99. The molecule has 1 saturated carbocycles. The summed E-state index contributed by atoms with van der Waals surface area (Å²) in [6.07, 6.45) is 6.91. The number of amides is 1. The molecule has 0 atom stereocenters. The second-order valence-corrected chi connectivity index (χ2v) is 9.71. The van der Waals surface area contributed by atoms with E-state index in [0.717, 1.165) is 85.8 Å². The first-order chi connectivity index (χ1) is 15.6. The fraction of sp³-hybridized carbons (Fsp3) is 0.440. The second kappa shape index (κ2) is 8.85. The van der Waals surface area contributed by atoms with Crippen LogP contribution in [0.15, 0.2) is 42.7 Å². The summed E-state index contributed by atoms with van der Waals surface area (Å²) in [4.78, 5) is 20.9. The van der Waals surface area contributed by atoms with Gasteiger partial charge in [0, 0.05) is 67.1 Å². The first-order valence-electron chi connectivity index (χ1n) is 11.4. The van der Waals surface area contributed by atoms with E-state index >= 15 is 0 Å². The minimum absolute atomic E-state index is 0.155. The SMILES string of the molecule is CC1(c2ccncc2N(C=O)Cc2cc3cc(Cl)ccc3n2CCN2CCNCC2)CC1. The number of carbonyl (C=O) groups excluding carboxylic acids is 1. The van der Waals surface area contributed by atoms with E-state index in [0.29, 0.717) is 6.54 Å². The minimum Gasteiger partial charge on any atom is -0.342 e. The van der Waals surface area contributed by atoms with Crippen LogP contribution in [0, 0.1) is 0 Å². The molecular formula is C25H30ClN5O. The van der Waals surface area contributed by atoms with Crippen LogP contribution in [0.4, 0.5) is 5.69 Å². The van der Waals surface area contributed by atoms with E-state index in [4.69, 9.17) is 11.6 Å². The maximum atomic E-state index is 12.2. The Labute approximate surface area is 194 Å². The van der Waals surface area contributed by atoms with E-state index in [9.17, 15) is 4.79 Å². The van der Waals surface area contributed by atoms with Gasteiger partial charge in [-0.05, 0) is 54.2 Å². The number of nitrogens with zero attached hydrogens (tertiary/aromatic N) is 4. The number of benzene rings is 1. The Hall–Kier alpha value is -2.41. The zero-order chi connectivity index (χ0) is 22.1. The van der Waals surface area contributed by atoms with Gasteiger partial charge in [-0.25, -0.2) is 0 Å². The van der Waals surface area contributed by atoms with E-state index in [1.165, 1.54) is 5.56 Å². The molecule has 1 aliphatic heterocycles. The van der Waals surface area contributed by atoms with Gasteiger partial charge in [0.2, 0.25) is 6.41 Å². The molecule has 1 N–H and O–H groups in total. The summed E-state index contributed by atoms with van der Waals surface area (Å²) in [7, 11) is 0. The Morgan fingerprint density at radius 1 is 1.19 bits per heavy atom. The molecule has 1 aromatic carbocycles. The van der Waals surface area contributed by atoms with Crippen molar-refractivity contribution in [2.45, 2.75) is 38.3 Å². The summed E-state index contributed by atoms with van der Waals surface area (Å²) < 4.78 is 2.35. The van der Waals surface area contributed by atoms with Gasteiger partial charge in [-0.1, -0.05) is 18.5 Å². The Balaban J connectivity index is 1.47. The molecule has 3 heterocycles. The van der Waals surface area contributed by atoms with Gasteiger partial charge >= 0.3 is 0 Å². The van der Waals surface area contributed by atoms with Gasteiger partial charge in [-0.2, -0.15) is 0 Å². The summed E-state index contributed by atoms with van der Waals surface area (Å²) in [5.74, 6) is 0. The molecular weight excluding hydrogens is 422 g/mol. The molecule has 32 heavy (non-hydrogen) atoms. The van der Waals surface area contributed by atoms with Crippen LogP contribution in [0.1, 0.15) is 31.0 Å². The van der Waals surface area contributed by atoms with Crippen molar-refractivity contribution in [2.75, 3.05) is 37.6 Å². The van der Waals surface area contributed by atoms with Gasteiger partial charge in [0.05, 0.1) is 18.4 Å². The number of hydrogen-bond acceptors (Lipinski definition) is 4. The molecule has 0 unspecified atom stereocenters. The summed E-state index contributed by atoms with van der Waals surface area (Å²) in [5.41, 5.74) is 4.55. The molecule has 168 valence electrons. The zero-order valence-electron chi connectivity index (χ0n) is 18.6. The molecule has 5 rings (SSSR count). The Morgan fingerprint density at radius 2 is 2.00 bits per heavy atom. The highest BCUT2D eigenvalue weighted by Crippen LogP contribution is 2.50. The highest BCUT2D eigenvalue weighted by atomic mass is 35.5. The number of aromatic nitrogens is 2. The van der Waals surface area contributed by atoms with Crippen LogP contribution in [-0.4, -0.2) is 53.6 Å². The van der Waals surface area contributed by atoms with Crippen LogP contribution in [0.2, 0.25) is 5.02 Å². The lowest BCUT2D eigenvalue weighted by atomic mass is 9.97. The smallest absolute Gasteiger partial charge is 0.214 e. The van der Waals surface area contributed by atoms with Crippen LogP contribution >= 0.6 is 11.6 Å². The molecule has 1 amide bonds. The number of piperazine rings is 1. The van der Waals surface area contributed by atoms with E-state index in [-0.39, 0.29) is 5.41 Å². The van der Waals surface area contributed by atoms with Crippen molar-refractivity contribution >= 4 is 34.6 Å². The number of carbonyl (C=O) groups is 1. The van der Waals surface area contributed by atoms with Gasteiger partial charge in [-0.3, -0.25) is 14.7 Å². The molecule has 2 aromatic heterocycles. The van der Waals surface area contributed by atoms with Crippen molar-refractivity contribution in [3.05, 3.63) is 59.0 Å². The third-order valence-corrected chi connectivity index (χ3v) is 7.25. The summed E-state index contributed by atoms with van der Waals surface area (Å²) in [6.45, 7) is 8.85. The van der Waals surface area contributed by atoms with Crippen LogP contribution < -0.4 is 10.2 Å². The summed E-state index contributed by atoms with van der Waals surface area (Å²) in [6, 6.07) is 10.3. The van der Waals surface area contributed by atoms with E-state index < -0.39 is 0 Å². The Kier molecular flexibility index (Phi) is 5.93. The maximum Gasteiger partial charge on any atom is 0.214 e. The van der Waals surface area contributed by atoms with Crippen molar-refractivity contribution in [2.24, 2.45) is 0 Å². The molecule has 2 aliphatic rings. The monoisotopic (exact) mass is 451 g/mol. The molecule has 3 aromatic rings. The van der Waals surface area contributed by atoms with Crippen molar-refractivity contribution in [3.63, 3.8) is 0 Å². The molecule has 6 nitrogen and oxygen atoms in total. The summed E-state index contributed by atoms with van der Waals surface area (Å²) >= 11 is 6.29. The highest BCUT2D eigenvalue weighted by Gasteiger charge is 2.41. The van der Waals surface area contributed by atoms with E-state index in [1.54, 1.807) is 0 Å². The predicted octanol–water partition coefficient (Wildman–Crippen LogP) is 3.81. The number of halogens is 1. The van der Waals surface area contributed by atoms with E-state index in [2.05, 4.69) is 44.9 Å². The Bertz CT molecular complexity index is 1120. The van der Waals surface area contributed by atoms with Crippen molar-refractivity contribution < 1.29 is 4.79 Å². The van der Waals surface area contributed by atoms with Crippen molar-refractivity contribution in [1.29, 1.82) is 0 Å². The lowest BCUT2D eigenvalue weighted by Gasteiger charge is -2.28. The lowest BCUT2D eigenvalue weighted by Crippen LogP contribution is -2.44. The minimum atomic E-state index is 0.155.